The van der Waals surface area contributed by atoms with E-state index in [4.69, 9.17) is 0 Å². The van der Waals surface area contributed by atoms with Crippen molar-refractivity contribution in [2.75, 3.05) is 0 Å². The van der Waals surface area contributed by atoms with Gasteiger partial charge in [-0.3, -0.25) is 4.79 Å². The van der Waals surface area contributed by atoms with Crippen LogP contribution in [0.4, 0.5) is 13.2 Å². The Balaban J connectivity index is 1.58. The number of ether oxygens (including phenoxy) is 1. The highest BCUT2D eigenvalue weighted by molar-refractivity contribution is 7.14. The number of carbonyl (C=O) groups is 1. The Labute approximate surface area is 206 Å². The van der Waals surface area contributed by atoms with Crippen LogP contribution in [0, 0.1) is 5.92 Å². The van der Waals surface area contributed by atoms with E-state index >= 15 is 0 Å². The Kier molecular flexibility index (Phi) is 8.05. The van der Waals surface area contributed by atoms with Gasteiger partial charge in [-0.1, -0.05) is 73.9 Å². The summed E-state index contributed by atoms with van der Waals surface area (Å²) in [4.78, 5) is 13.1. The number of carbonyl (C=O) groups excluding carboxylic acids is 1. The molecule has 1 heterocycles. The van der Waals surface area contributed by atoms with Crippen LogP contribution in [0.2, 0.25) is 0 Å². The molecule has 1 fully saturated rings. The van der Waals surface area contributed by atoms with Gasteiger partial charge in [0, 0.05) is 11.5 Å². The van der Waals surface area contributed by atoms with Gasteiger partial charge < -0.3 is 10.1 Å². The number of aromatic nitrogens is 2. The molecule has 1 saturated carbocycles. The second-order valence-corrected chi connectivity index (χ2v) is 9.80. The molecule has 35 heavy (non-hydrogen) atoms. The van der Waals surface area contributed by atoms with Gasteiger partial charge in [-0.25, -0.2) is 0 Å². The average molecular weight is 504 g/mol. The molecule has 4 rings (SSSR count). The van der Waals surface area contributed by atoms with Gasteiger partial charge in [0.05, 0.1) is 6.04 Å². The lowest BCUT2D eigenvalue weighted by Gasteiger charge is -2.24. The van der Waals surface area contributed by atoms with Crippen LogP contribution in [0.5, 0.6) is 5.75 Å². The molecule has 0 spiro atoms. The van der Waals surface area contributed by atoms with Gasteiger partial charge in [0.1, 0.15) is 15.8 Å². The topological polar surface area (TPSA) is 64.1 Å². The van der Waals surface area contributed by atoms with E-state index in [0.29, 0.717) is 22.0 Å². The fourth-order valence-corrected chi connectivity index (χ4v) is 5.28. The molecule has 1 aliphatic rings. The van der Waals surface area contributed by atoms with Gasteiger partial charge in [-0.2, -0.15) is 0 Å². The van der Waals surface area contributed by atoms with Gasteiger partial charge >= 0.3 is 6.36 Å². The van der Waals surface area contributed by atoms with Gasteiger partial charge in [-0.05, 0) is 48.9 Å². The van der Waals surface area contributed by atoms with Crippen LogP contribution in [-0.2, 0) is 17.6 Å². The number of aryl methyl sites for hydroxylation is 1. The summed E-state index contributed by atoms with van der Waals surface area (Å²) in [6.45, 7) is 2.09. The van der Waals surface area contributed by atoms with Crippen LogP contribution >= 0.6 is 11.3 Å². The average Bonchev–Trinajstić information content (AvgIpc) is 3.34. The molecule has 1 aromatic heterocycles. The summed E-state index contributed by atoms with van der Waals surface area (Å²) in [5.41, 5.74) is 2.76. The fourth-order valence-electron chi connectivity index (χ4n) is 4.38. The van der Waals surface area contributed by atoms with E-state index in [2.05, 4.69) is 39.3 Å². The molecular weight excluding hydrogens is 475 g/mol. The van der Waals surface area contributed by atoms with Crippen LogP contribution < -0.4 is 10.1 Å². The smallest absolute Gasteiger partial charge is 0.406 e. The predicted molar refractivity (Wildman–Crippen MR) is 129 cm³/mol. The minimum Gasteiger partial charge on any atom is -0.406 e. The molecule has 1 unspecified atom stereocenters. The maximum atomic E-state index is 13.1. The minimum atomic E-state index is -4.77. The van der Waals surface area contributed by atoms with E-state index in [0.717, 1.165) is 44.1 Å². The Morgan fingerprint density at radius 3 is 2.57 bits per heavy atom. The van der Waals surface area contributed by atoms with E-state index in [1.807, 2.05) is 12.1 Å². The number of benzene rings is 2. The molecule has 0 saturated heterocycles. The highest BCUT2D eigenvalue weighted by Gasteiger charge is 2.31. The van der Waals surface area contributed by atoms with Crippen molar-refractivity contribution in [3.8, 4) is 16.3 Å². The van der Waals surface area contributed by atoms with E-state index in [-0.39, 0.29) is 23.6 Å². The normalized spacial score (nSPS) is 15.5. The Hall–Kier alpha value is -2.94. The molecule has 0 aliphatic heterocycles. The molecule has 1 atom stereocenters. The first kappa shape index (κ1) is 25.2. The molecule has 3 aromatic rings. The first-order valence-corrected chi connectivity index (χ1v) is 12.7. The van der Waals surface area contributed by atoms with Crippen LogP contribution in [0.1, 0.15) is 61.2 Å². The van der Waals surface area contributed by atoms with Crippen molar-refractivity contribution in [2.45, 2.75) is 64.3 Å². The largest absolute Gasteiger partial charge is 0.573 e. The summed E-state index contributed by atoms with van der Waals surface area (Å²) in [7, 11) is 0. The van der Waals surface area contributed by atoms with Gasteiger partial charge in [0.15, 0.2) is 0 Å². The number of nitrogens with one attached hydrogen (secondary N) is 1. The second kappa shape index (κ2) is 11.2. The third-order valence-corrected chi connectivity index (χ3v) is 7.27. The highest BCUT2D eigenvalue weighted by atomic mass is 32.1. The van der Waals surface area contributed by atoms with Gasteiger partial charge in [0.2, 0.25) is 5.91 Å². The third-order valence-electron chi connectivity index (χ3n) is 6.19. The highest BCUT2D eigenvalue weighted by Crippen LogP contribution is 2.33. The van der Waals surface area contributed by atoms with Crippen molar-refractivity contribution in [1.82, 2.24) is 15.5 Å². The zero-order valence-corrected chi connectivity index (χ0v) is 20.3. The standard InChI is InChI=1S/C26H28F3N3O2S/c1-2-17-8-6-9-18(14-17)15-22(30-23(33)19-10-4-3-5-11-19)25-32-31-24(35-25)20-12-7-13-21(16-20)34-26(27,28)29/h6-9,12-14,16,19,22H,2-5,10-11,15H2,1H3,(H,30,33). The fraction of sp³-hybridized carbons (Fsp3) is 0.423. The third kappa shape index (κ3) is 7.04. The van der Waals surface area contributed by atoms with Crippen molar-refractivity contribution in [3.05, 3.63) is 64.7 Å². The predicted octanol–water partition coefficient (Wildman–Crippen LogP) is 6.65. The van der Waals surface area contributed by atoms with E-state index in [1.54, 1.807) is 6.07 Å². The molecular formula is C26H28F3N3O2S. The zero-order valence-electron chi connectivity index (χ0n) is 19.5. The molecule has 9 heteroatoms. The Morgan fingerprint density at radius 2 is 1.83 bits per heavy atom. The van der Waals surface area contributed by atoms with Crippen molar-refractivity contribution in [1.29, 1.82) is 0 Å². The lowest BCUT2D eigenvalue weighted by molar-refractivity contribution is -0.274. The SMILES string of the molecule is CCc1cccc(CC(NC(=O)C2CCCCC2)c2nnc(-c3cccc(OC(F)(F)F)c3)s2)c1. The summed E-state index contributed by atoms with van der Waals surface area (Å²) in [6, 6.07) is 13.5. The summed E-state index contributed by atoms with van der Waals surface area (Å²) < 4.78 is 41.9. The molecule has 186 valence electrons. The Bertz CT molecular complexity index is 1140. The van der Waals surface area contributed by atoms with Crippen LogP contribution in [-0.4, -0.2) is 22.5 Å². The van der Waals surface area contributed by atoms with Crippen molar-refractivity contribution < 1.29 is 22.7 Å². The van der Waals surface area contributed by atoms with Crippen molar-refractivity contribution in [2.24, 2.45) is 5.92 Å². The summed E-state index contributed by atoms with van der Waals surface area (Å²) >= 11 is 1.26. The molecule has 0 bridgehead atoms. The van der Waals surface area contributed by atoms with Gasteiger partial charge in [-0.15, -0.1) is 23.4 Å². The summed E-state index contributed by atoms with van der Waals surface area (Å²) in [6.07, 6.45) is 1.74. The lowest BCUT2D eigenvalue weighted by atomic mass is 9.88. The number of nitrogens with zero attached hydrogens (tertiary/aromatic N) is 2. The molecule has 5 nitrogen and oxygen atoms in total. The number of alkyl halides is 3. The number of rotatable bonds is 8. The molecule has 1 N–H and O–H groups in total. The minimum absolute atomic E-state index is 0.00295. The maximum absolute atomic E-state index is 13.1. The van der Waals surface area contributed by atoms with E-state index in [9.17, 15) is 18.0 Å². The molecule has 0 radical (unpaired) electrons. The van der Waals surface area contributed by atoms with Gasteiger partial charge in [0.25, 0.3) is 0 Å². The van der Waals surface area contributed by atoms with E-state index in [1.165, 1.54) is 35.1 Å². The second-order valence-electron chi connectivity index (χ2n) is 8.79. The first-order chi connectivity index (χ1) is 16.8. The van der Waals surface area contributed by atoms with Crippen molar-refractivity contribution in [3.63, 3.8) is 0 Å². The zero-order chi connectivity index (χ0) is 24.8. The van der Waals surface area contributed by atoms with Crippen LogP contribution in [0.3, 0.4) is 0 Å². The number of hydrogen-bond acceptors (Lipinski definition) is 5. The maximum Gasteiger partial charge on any atom is 0.573 e. The quantitative estimate of drug-likeness (QED) is 0.374. The molecule has 1 amide bonds. The first-order valence-electron chi connectivity index (χ1n) is 11.9. The lowest BCUT2D eigenvalue weighted by Crippen LogP contribution is -2.35. The summed E-state index contributed by atoms with van der Waals surface area (Å²) in [5.74, 6) is -0.291. The summed E-state index contributed by atoms with van der Waals surface area (Å²) in [5, 5.41) is 12.8. The molecule has 1 aliphatic carbocycles. The number of amides is 1. The van der Waals surface area contributed by atoms with Crippen LogP contribution in [0.25, 0.3) is 10.6 Å². The molecule has 2 aromatic carbocycles. The monoisotopic (exact) mass is 503 g/mol. The number of halogens is 3. The van der Waals surface area contributed by atoms with Crippen LogP contribution in [0.15, 0.2) is 48.5 Å². The van der Waals surface area contributed by atoms with E-state index < -0.39 is 6.36 Å². The number of hydrogen-bond donors (Lipinski definition) is 1. The Morgan fingerprint density at radius 1 is 1.09 bits per heavy atom. The van der Waals surface area contributed by atoms with Crippen molar-refractivity contribution >= 4 is 17.2 Å².